The van der Waals surface area contributed by atoms with Gasteiger partial charge in [-0.25, -0.2) is 0 Å². The molecule has 18 heavy (non-hydrogen) atoms. The van der Waals surface area contributed by atoms with Crippen molar-refractivity contribution in [2.75, 3.05) is 6.54 Å². The molecule has 0 atom stereocenters. The summed E-state index contributed by atoms with van der Waals surface area (Å²) in [6, 6.07) is 10.5. The Balaban J connectivity index is 1.56. The normalized spacial score (nSPS) is 28.3. The van der Waals surface area contributed by atoms with Gasteiger partial charge < -0.3 is 5.32 Å². The third-order valence-corrected chi connectivity index (χ3v) is 4.57. The Labute approximate surface area is 110 Å². The lowest BCUT2D eigenvalue weighted by Gasteiger charge is -2.34. The summed E-state index contributed by atoms with van der Waals surface area (Å²) in [4.78, 5) is 2.69. The average Bonchev–Trinajstić information content (AvgIpc) is 2.84. The van der Waals surface area contributed by atoms with Crippen molar-refractivity contribution in [3.8, 4) is 0 Å². The molecule has 1 saturated carbocycles. The number of hydrogen-bond donors (Lipinski definition) is 1. The second-order valence-electron chi connectivity index (χ2n) is 5.74. The lowest BCUT2D eigenvalue weighted by atomic mass is 9.90. The largest absolute Gasteiger partial charge is 0.314 e. The van der Waals surface area contributed by atoms with Crippen molar-refractivity contribution in [3.63, 3.8) is 0 Å². The maximum absolute atomic E-state index is 3.59. The van der Waals surface area contributed by atoms with E-state index in [0.29, 0.717) is 0 Å². The van der Waals surface area contributed by atoms with Gasteiger partial charge in [0.1, 0.15) is 0 Å². The van der Waals surface area contributed by atoms with Gasteiger partial charge in [-0.1, -0.05) is 31.2 Å². The summed E-state index contributed by atoms with van der Waals surface area (Å²) in [5.41, 5.74) is 3.10. The van der Waals surface area contributed by atoms with Crippen molar-refractivity contribution in [1.82, 2.24) is 10.2 Å². The van der Waals surface area contributed by atoms with Crippen molar-refractivity contribution in [3.05, 3.63) is 35.4 Å². The Morgan fingerprint density at radius 1 is 1.06 bits per heavy atom. The number of benzene rings is 1. The van der Waals surface area contributed by atoms with Crippen LogP contribution in [0.3, 0.4) is 0 Å². The third kappa shape index (κ3) is 2.45. The van der Waals surface area contributed by atoms with E-state index in [-0.39, 0.29) is 0 Å². The minimum atomic E-state index is 0.774. The van der Waals surface area contributed by atoms with Gasteiger partial charge in [0.05, 0.1) is 0 Å². The highest BCUT2D eigenvalue weighted by Crippen LogP contribution is 2.30. The molecule has 1 heterocycles. The van der Waals surface area contributed by atoms with Gasteiger partial charge in [0.2, 0.25) is 0 Å². The van der Waals surface area contributed by atoms with Crippen LogP contribution in [0, 0.1) is 0 Å². The van der Waals surface area contributed by atoms with Crippen LogP contribution in [0.5, 0.6) is 0 Å². The molecule has 0 spiro atoms. The van der Waals surface area contributed by atoms with Crippen LogP contribution < -0.4 is 5.32 Å². The molecule has 2 nitrogen and oxygen atoms in total. The van der Waals surface area contributed by atoms with Gasteiger partial charge in [0.25, 0.3) is 0 Å². The highest BCUT2D eigenvalue weighted by molar-refractivity contribution is 5.30. The second kappa shape index (κ2) is 5.41. The third-order valence-electron chi connectivity index (χ3n) is 4.57. The smallest absolute Gasteiger partial charge is 0.0243 e. The molecule has 0 bridgehead atoms. The molecule has 1 aliphatic carbocycles. The molecular weight excluding hydrogens is 220 g/mol. The lowest BCUT2D eigenvalue weighted by molar-refractivity contribution is 0.143. The maximum atomic E-state index is 3.59. The molecule has 0 unspecified atom stereocenters. The molecule has 0 aromatic heterocycles. The van der Waals surface area contributed by atoms with Crippen molar-refractivity contribution in [2.45, 2.75) is 57.8 Å². The van der Waals surface area contributed by atoms with Crippen LogP contribution in [0.4, 0.5) is 0 Å². The minimum absolute atomic E-state index is 0.774. The topological polar surface area (TPSA) is 15.3 Å². The molecule has 98 valence electrons. The molecule has 0 amide bonds. The van der Waals surface area contributed by atoms with E-state index in [4.69, 9.17) is 0 Å². The summed E-state index contributed by atoms with van der Waals surface area (Å²) in [6.45, 7) is 5.67. The first-order valence-electron chi connectivity index (χ1n) is 7.41. The summed E-state index contributed by atoms with van der Waals surface area (Å²) >= 11 is 0. The Morgan fingerprint density at radius 2 is 1.67 bits per heavy atom. The van der Waals surface area contributed by atoms with Crippen LogP contribution in [-0.4, -0.2) is 23.5 Å². The van der Waals surface area contributed by atoms with E-state index in [1.165, 1.54) is 38.8 Å². The fraction of sp³-hybridized carbons (Fsp3) is 0.625. The number of rotatable bonds is 3. The summed E-state index contributed by atoms with van der Waals surface area (Å²) in [7, 11) is 0. The molecule has 1 aliphatic heterocycles. The molecule has 0 radical (unpaired) electrons. The van der Waals surface area contributed by atoms with Crippen molar-refractivity contribution >= 4 is 0 Å². The first kappa shape index (κ1) is 12.2. The molecule has 2 heteroatoms. The summed E-state index contributed by atoms with van der Waals surface area (Å²) < 4.78 is 0. The van der Waals surface area contributed by atoms with Gasteiger partial charge in [-0.2, -0.15) is 0 Å². The summed E-state index contributed by atoms with van der Waals surface area (Å²) in [5, 5.41) is 3.59. The van der Waals surface area contributed by atoms with E-state index in [9.17, 15) is 0 Å². The molecular formula is C16H24N2. The van der Waals surface area contributed by atoms with Crippen LogP contribution in [0.15, 0.2) is 24.3 Å². The van der Waals surface area contributed by atoms with E-state index in [1.54, 1.807) is 11.1 Å². The zero-order chi connectivity index (χ0) is 12.4. The number of hydrogen-bond acceptors (Lipinski definition) is 2. The first-order chi connectivity index (χ1) is 8.86. The quantitative estimate of drug-likeness (QED) is 0.879. The monoisotopic (exact) mass is 244 g/mol. The molecule has 1 aromatic rings. The minimum Gasteiger partial charge on any atom is -0.314 e. The molecule has 0 saturated heterocycles. The zero-order valence-electron chi connectivity index (χ0n) is 11.4. The summed E-state index contributed by atoms with van der Waals surface area (Å²) in [6.07, 6.45) is 5.44. The number of fused-ring (bicyclic) bond motifs is 1. The predicted molar refractivity (Wildman–Crippen MR) is 75.4 cm³/mol. The lowest BCUT2D eigenvalue weighted by Crippen LogP contribution is -2.40. The highest BCUT2D eigenvalue weighted by atomic mass is 15.2. The molecule has 1 aromatic carbocycles. The predicted octanol–water partition coefficient (Wildman–Crippen LogP) is 2.92. The standard InChI is InChI=1S/C16H24N2/c1-2-17-15-7-9-16(10-8-15)18-11-13-5-3-4-6-14(13)12-18/h3-6,15-17H,2,7-12H2,1H3. The van der Waals surface area contributed by atoms with Crippen molar-refractivity contribution in [1.29, 1.82) is 0 Å². The average molecular weight is 244 g/mol. The SMILES string of the molecule is CCNC1CCC(N2Cc3ccccc3C2)CC1. The van der Waals surface area contributed by atoms with Gasteiger partial charge >= 0.3 is 0 Å². The van der Waals surface area contributed by atoms with E-state index < -0.39 is 0 Å². The van der Waals surface area contributed by atoms with Crippen LogP contribution in [0.1, 0.15) is 43.7 Å². The van der Waals surface area contributed by atoms with Crippen molar-refractivity contribution < 1.29 is 0 Å². The Kier molecular flexibility index (Phi) is 3.67. The van der Waals surface area contributed by atoms with Gasteiger partial charge in [-0.15, -0.1) is 0 Å². The van der Waals surface area contributed by atoms with Crippen LogP contribution in [-0.2, 0) is 13.1 Å². The van der Waals surface area contributed by atoms with Gasteiger partial charge in [0.15, 0.2) is 0 Å². The maximum Gasteiger partial charge on any atom is 0.0243 e. The number of nitrogens with zero attached hydrogens (tertiary/aromatic N) is 1. The van der Waals surface area contributed by atoms with Crippen molar-refractivity contribution in [2.24, 2.45) is 0 Å². The van der Waals surface area contributed by atoms with E-state index >= 15 is 0 Å². The number of nitrogens with one attached hydrogen (secondary N) is 1. The van der Waals surface area contributed by atoms with E-state index in [1.807, 2.05) is 0 Å². The van der Waals surface area contributed by atoms with Gasteiger partial charge in [0, 0.05) is 25.2 Å². The molecule has 1 fully saturated rings. The Hall–Kier alpha value is -0.860. The van der Waals surface area contributed by atoms with Crippen LogP contribution in [0.25, 0.3) is 0 Å². The van der Waals surface area contributed by atoms with Crippen LogP contribution >= 0.6 is 0 Å². The van der Waals surface area contributed by atoms with E-state index in [2.05, 4.69) is 41.4 Å². The van der Waals surface area contributed by atoms with Crippen LogP contribution in [0.2, 0.25) is 0 Å². The second-order valence-corrected chi connectivity index (χ2v) is 5.74. The van der Waals surface area contributed by atoms with E-state index in [0.717, 1.165) is 18.6 Å². The highest BCUT2D eigenvalue weighted by Gasteiger charge is 2.29. The fourth-order valence-electron chi connectivity index (χ4n) is 3.55. The Bertz CT molecular complexity index is 369. The van der Waals surface area contributed by atoms with Gasteiger partial charge in [-0.3, -0.25) is 4.90 Å². The first-order valence-corrected chi connectivity index (χ1v) is 7.41. The Morgan fingerprint density at radius 3 is 2.22 bits per heavy atom. The molecule has 1 N–H and O–H groups in total. The zero-order valence-corrected chi connectivity index (χ0v) is 11.4. The summed E-state index contributed by atoms with van der Waals surface area (Å²) in [5.74, 6) is 0. The molecule has 2 aliphatic rings. The van der Waals surface area contributed by atoms with Gasteiger partial charge in [-0.05, 0) is 43.4 Å². The molecule has 3 rings (SSSR count). The fourth-order valence-corrected chi connectivity index (χ4v) is 3.55.